The van der Waals surface area contributed by atoms with Crippen LogP contribution < -0.4 is 15.4 Å². The third kappa shape index (κ3) is 2.57. The van der Waals surface area contributed by atoms with Gasteiger partial charge in [-0.1, -0.05) is 5.92 Å². The molecule has 0 bridgehead atoms. The lowest BCUT2D eigenvalue weighted by atomic mass is 10.2. The molecular weight excluding hydrogens is 250 g/mol. The Morgan fingerprint density at radius 1 is 1.63 bits per heavy atom. The summed E-state index contributed by atoms with van der Waals surface area (Å²) in [6.07, 6.45) is 5.23. The molecule has 1 aromatic rings. The van der Waals surface area contributed by atoms with Gasteiger partial charge in [-0.2, -0.15) is 0 Å². The fourth-order valence-corrected chi connectivity index (χ4v) is 1.66. The number of rotatable bonds is 3. The normalized spacial score (nSPS) is 14.4. The van der Waals surface area contributed by atoms with E-state index in [2.05, 4.69) is 16.6 Å². The van der Waals surface area contributed by atoms with Gasteiger partial charge in [0.05, 0.1) is 22.7 Å². The van der Waals surface area contributed by atoms with Crippen LogP contribution in [0.3, 0.4) is 0 Å². The highest BCUT2D eigenvalue weighted by Gasteiger charge is 2.24. The Bertz CT molecular complexity index is 591. The fraction of sp³-hybridized carbons (Fsp3) is 0.250. The number of amides is 1. The predicted molar refractivity (Wildman–Crippen MR) is 69.1 cm³/mol. The summed E-state index contributed by atoms with van der Waals surface area (Å²) in [7, 11) is 0. The molecule has 1 atom stereocenters. The molecule has 0 aliphatic carbocycles. The van der Waals surface area contributed by atoms with Crippen LogP contribution in [0, 0.1) is 22.5 Å². The number of hydrogen-bond donors (Lipinski definition) is 2. The number of fused-ring (bicyclic) bond motifs is 1. The first-order valence-corrected chi connectivity index (χ1v) is 5.49. The van der Waals surface area contributed by atoms with E-state index in [0.29, 0.717) is 5.69 Å². The Balaban J connectivity index is 2.45. The second-order valence-corrected chi connectivity index (χ2v) is 3.99. The van der Waals surface area contributed by atoms with Crippen LogP contribution in [0.1, 0.15) is 6.92 Å². The molecule has 0 saturated carbocycles. The van der Waals surface area contributed by atoms with E-state index in [-0.39, 0.29) is 35.7 Å². The van der Waals surface area contributed by atoms with Crippen LogP contribution in [0.2, 0.25) is 0 Å². The van der Waals surface area contributed by atoms with Gasteiger partial charge in [-0.15, -0.1) is 6.42 Å². The lowest BCUT2D eigenvalue weighted by Crippen LogP contribution is -2.25. The molecule has 2 N–H and O–H groups in total. The van der Waals surface area contributed by atoms with Gasteiger partial charge in [-0.25, -0.2) is 0 Å². The zero-order chi connectivity index (χ0) is 14.0. The standard InChI is InChI=1S/C12H11N3O4/c1-3-7(2)13-8-4-9-11(5-10(8)15(17)18)19-6-12(16)14-9/h1,4-5,7,13H,6H2,2H3,(H,14,16). The third-order valence-corrected chi connectivity index (χ3v) is 2.55. The summed E-state index contributed by atoms with van der Waals surface area (Å²) in [5.74, 6) is 2.38. The average Bonchev–Trinajstić information content (AvgIpc) is 2.37. The summed E-state index contributed by atoms with van der Waals surface area (Å²) >= 11 is 0. The SMILES string of the molecule is C#CC(C)Nc1cc2c(cc1[N+](=O)[O-])OCC(=O)N2. The molecule has 1 aliphatic rings. The van der Waals surface area contributed by atoms with Gasteiger partial charge in [0.2, 0.25) is 0 Å². The topological polar surface area (TPSA) is 93.5 Å². The number of anilines is 2. The second-order valence-electron chi connectivity index (χ2n) is 3.99. The first kappa shape index (κ1) is 12.7. The summed E-state index contributed by atoms with van der Waals surface area (Å²) in [6, 6.07) is 2.33. The predicted octanol–water partition coefficient (Wildman–Crippen LogP) is 1.36. The maximum absolute atomic E-state index is 11.2. The molecule has 0 spiro atoms. The Hall–Kier alpha value is -2.75. The minimum absolute atomic E-state index is 0.155. The molecule has 1 amide bonds. The summed E-state index contributed by atoms with van der Waals surface area (Å²) in [5, 5.41) is 16.4. The minimum Gasteiger partial charge on any atom is -0.481 e. The van der Waals surface area contributed by atoms with E-state index in [4.69, 9.17) is 11.2 Å². The molecule has 7 heteroatoms. The molecule has 1 aromatic carbocycles. The number of carbonyl (C=O) groups is 1. The van der Waals surface area contributed by atoms with E-state index in [1.54, 1.807) is 6.92 Å². The summed E-state index contributed by atoms with van der Waals surface area (Å²) in [6.45, 7) is 1.54. The molecule has 0 radical (unpaired) electrons. The minimum atomic E-state index is -0.536. The van der Waals surface area contributed by atoms with Gasteiger partial charge in [0, 0.05) is 0 Å². The van der Waals surface area contributed by atoms with Crippen molar-refractivity contribution in [3.63, 3.8) is 0 Å². The van der Waals surface area contributed by atoms with Crippen molar-refractivity contribution in [2.45, 2.75) is 13.0 Å². The van der Waals surface area contributed by atoms with Crippen molar-refractivity contribution < 1.29 is 14.5 Å². The Morgan fingerprint density at radius 3 is 3.00 bits per heavy atom. The van der Waals surface area contributed by atoms with Crippen LogP contribution in [-0.2, 0) is 4.79 Å². The quantitative estimate of drug-likeness (QED) is 0.486. The monoisotopic (exact) mass is 261 g/mol. The smallest absolute Gasteiger partial charge is 0.296 e. The van der Waals surface area contributed by atoms with Gasteiger partial charge in [0.1, 0.15) is 5.69 Å². The summed E-state index contributed by atoms with van der Waals surface area (Å²) in [5.41, 5.74) is 0.463. The van der Waals surface area contributed by atoms with Crippen LogP contribution in [0.5, 0.6) is 5.75 Å². The first-order valence-electron chi connectivity index (χ1n) is 5.49. The van der Waals surface area contributed by atoms with E-state index < -0.39 is 4.92 Å². The molecule has 19 heavy (non-hydrogen) atoms. The largest absolute Gasteiger partial charge is 0.481 e. The van der Waals surface area contributed by atoms with Crippen molar-refractivity contribution in [1.82, 2.24) is 0 Å². The Morgan fingerprint density at radius 2 is 2.37 bits per heavy atom. The van der Waals surface area contributed by atoms with Gasteiger partial charge >= 0.3 is 0 Å². The number of benzene rings is 1. The number of nitrogens with one attached hydrogen (secondary N) is 2. The highest BCUT2D eigenvalue weighted by molar-refractivity contribution is 5.96. The molecule has 2 rings (SSSR count). The molecular formula is C12H11N3O4. The first-order chi connectivity index (χ1) is 9.01. The highest BCUT2D eigenvalue weighted by Crippen LogP contribution is 2.37. The summed E-state index contributed by atoms with van der Waals surface area (Å²) < 4.78 is 5.13. The zero-order valence-electron chi connectivity index (χ0n) is 10.1. The molecule has 1 unspecified atom stereocenters. The van der Waals surface area contributed by atoms with Crippen LogP contribution >= 0.6 is 0 Å². The number of nitrogens with zero attached hydrogens (tertiary/aromatic N) is 1. The van der Waals surface area contributed by atoms with Gasteiger partial charge in [-0.05, 0) is 13.0 Å². The van der Waals surface area contributed by atoms with E-state index in [0.717, 1.165) is 0 Å². The molecule has 0 saturated heterocycles. The molecule has 7 nitrogen and oxygen atoms in total. The molecule has 98 valence electrons. The number of ether oxygens (including phenoxy) is 1. The van der Waals surface area contributed by atoms with E-state index in [1.807, 2.05) is 0 Å². The van der Waals surface area contributed by atoms with Crippen LogP contribution in [0.15, 0.2) is 12.1 Å². The number of hydrogen-bond acceptors (Lipinski definition) is 5. The maximum atomic E-state index is 11.2. The fourth-order valence-electron chi connectivity index (χ4n) is 1.66. The van der Waals surface area contributed by atoms with Crippen molar-refractivity contribution in [3.05, 3.63) is 22.2 Å². The van der Waals surface area contributed by atoms with Crippen molar-refractivity contribution >= 4 is 23.0 Å². The van der Waals surface area contributed by atoms with Gasteiger partial charge < -0.3 is 15.4 Å². The highest BCUT2D eigenvalue weighted by atomic mass is 16.6. The lowest BCUT2D eigenvalue weighted by Gasteiger charge is -2.19. The average molecular weight is 261 g/mol. The Kier molecular flexibility index (Phi) is 3.25. The summed E-state index contributed by atoms with van der Waals surface area (Å²) in [4.78, 5) is 21.7. The maximum Gasteiger partial charge on any atom is 0.296 e. The van der Waals surface area contributed by atoms with Crippen molar-refractivity contribution in [2.75, 3.05) is 17.2 Å². The van der Waals surface area contributed by atoms with Crippen molar-refractivity contribution in [2.24, 2.45) is 0 Å². The second kappa shape index (κ2) is 4.86. The molecule has 1 aliphatic heterocycles. The molecule has 1 heterocycles. The zero-order valence-corrected chi connectivity index (χ0v) is 10.1. The van der Waals surface area contributed by atoms with E-state index in [1.165, 1.54) is 12.1 Å². The van der Waals surface area contributed by atoms with Crippen LogP contribution in [-0.4, -0.2) is 23.5 Å². The van der Waals surface area contributed by atoms with Gasteiger partial charge in [0.25, 0.3) is 11.6 Å². The van der Waals surface area contributed by atoms with Gasteiger partial charge in [-0.3, -0.25) is 14.9 Å². The molecule has 0 fully saturated rings. The third-order valence-electron chi connectivity index (χ3n) is 2.55. The lowest BCUT2D eigenvalue weighted by molar-refractivity contribution is -0.384. The van der Waals surface area contributed by atoms with E-state index >= 15 is 0 Å². The number of carbonyl (C=O) groups excluding carboxylic acids is 1. The van der Waals surface area contributed by atoms with Gasteiger partial charge in [0.15, 0.2) is 12.4 Å². The van der Waals surface area contributed by atoms with E-state index in [9.17, 15) is 14.9 Å². The molecule has 0 aromatic heterocycles. The Labute approximate surface area is 109 Å². The van der Waals surface area contributed by atoms with Crippen LogP contribution in [0.25, 0.3) is 0 Å². The number of nitro benzene ring substituents is 1. The van der Waals surface area contributed by atoms with Crippen molar-refractivity contribution in [3.8, 4) is 18.1 Å². The van der Waals surface area contributed by atoms with Crippen LogP contribution in [0.4, 0.5) is 17.1 Å². The number of terminal acetylenes is 1. The number of nitro groups is 1. The van der Waals surface area contributed by atoms with Crippen molar-refractivity contribution in [1.29, 1.82) is 0 Å².